The summed E-state index contributed by atoms with van der Waals surface area (Å²) in [6.07, 6.45) is 2.63. The van der Waals surface area contributed by atoms with Crippen LogP contribution in [0.4, 0.5) is 5.69 Å². The molecule has 0 aliphatic rings. The maximum Gasteiger partial charge on any atom is 0.137 e. The minimum atomic E-state index is 0.157. The number of aromatic nitrogens is 1. The number of ether oxygens (including phenoxy) is 2. The highest BCUT2D eigenvalue weighted by molar-refractivity contribution is 9.10. The molecule has 7 heteroatoms. The molecule has 1 aromatic heterocycles. The van der Waals surface area contributed by atoms with Crippen LogP contribution in [0.5, 0.6) is 11.5 Å². The van der Waals surface area contributed by atoms with Crippen molar-refractivity contribution < 1.29 is 14.3 Å². The normalized spacial score (nSPS) is 10.9. The maximum absolute atomic E-state index is 12.6. The van der Waals surface area contributed by atoms with Gasteiger partial charge in [0.25, 0.3) is 0 Å². The molecule has 5 nitrogen and oxygen atoms in total. The fourth-order valence-electron chi connectivity index (χ4n) is 3.45. The van der Waals surface area contributed by atoms with Crippen LogP contribution in [0.2, 0.25) is 5.15 Å². The fourth-order valence-corrected chi connectivity index (χ4v) is 4.06. The smallest absolute Gasteiger partial charge is 0.137 e. The number of carbonyl (C=O) groups is 1. The molecule has 31 heavy (non-hydrogen) atoms. The second kappa shape index (κ2) is 10.8. The topological polar surface area (TPSA) is 60.5 Å². The Hall–Kier alpha value is -2.31. The number of hydrogen-bond donors (Lipinski definition) is 1. The lowest BCUT2D eigenvalue weighted by molar-refractivity contribution is -0.118. The number of anilines is 1. The summed E-state index contributed by atoms with van der Waals surface area (Å²) < 4.78 is 11.7. The molecular formula is C24H26BrClN2O3. The van der Waals surface area contributed by atoms with Crippen molar-refractivity contribution in [1.82, 2.24) is 4.98 Å². The number of unbranched alkanes of at least 4 members (excludes halogenated alkanes) is 1. The van der Waals surface area contributed by atoms with Gasteiger partial charge in [-0.05, 0) is 36.8 Å². The van der Waals surface area contributed by atoms with Gasteiger partial charge < -0.3 is 14.8 Å². The zero-order chi connectivity index (χ0) is 22.4. The lowest BCUT2D eigenvalue weighted by Gasteiger charge is -2.18. The average molecular weight is 506 g/mol. The Morgan fingerprint density at radius 3 is 2.68 bits per heavy atom. The zero-order valence-corrected chi connectivity index (χ0v) is 20.3. The van der Waals surface area contributed by atoms with Crippen LogP contribution < -0.4 is 14.8 Å². The van der Waals surface area contributed by atoms with E-state index in [-0.39, 0.29) is 12.2 Å². The summed E-state index contributed by atoms with van der Waals surface area (Å²) >= 11 is 10.1. The second-order valence-corrected chi connectivity index (χ2v) is 8.54. The van der Waals surface area contributed by atoms with Crippen molar-refractivity contribution in [3.8, 4) is 11.5 Å². The van der Waals surface area contributed by atoms with Crippen LogP contribution in [0, 0.1) is 0 Å². The number of methoxy groups -OCH3 is 2. The molecule has 164 valence electrons. The largest absolute Gasteiger partial charge is 0.497 e. The molecule has 0 amide bonds. The number of nitrogens with zero attached hydrogens (tertiary/aromatic N) is 1. The number of carbonyl (C=O) groups excluding carboxylic acids is 1. The lowest BCUT2D eigenvalue weighted by Crippen LogP contribution is -2.10. The molecule has 1 heterocycles. The van der Waals surface area contributed by atoms with Crippen molar-refractivity contribution in [3.63, 3.8) is 0 Å². The summed E-state index contributed by atoms with van der Waals surface area (Å²) in [6, 6.07) is 11.5. The molecule has 0 saturated heterocycles. The monoisotopic (exact) mass is 504 g/mol. The summed E-state index contributed by atoms with van der Waals surface area (Å²) in [6.45, 7) is 2.57. The predicted molar refractivity (Wildman–Crippen MR) is 130 cm³/mol. The number of halogens is 2. The van der Waals surface area contributed by atoms with Crippen LogP contribution in [0.1, 0.15) is 37.3 Å². The number of nitrogens with one attached hydrogen (secondary N) is 1. The van der Waals surface area contributed by atoms with Gasteiger partial charge in [-0.25, -0.2) is 4.98 Å². The van der Waals surface area contributed by atoms with Gasteiger partial charge >= 0.3 is 0 Å². The van der Waals surface area contributed by atoms with Gasteiger partial charge in [0.1, 0.15) is 22.4 Å². The van der Waals surface area contributed by atoms with Crippen molar-refractivity contribution in [1.29, 1.82) is 0 Å². The van der Waals surface area contributed by atoms with Gasteiger partial charge in [-0.1, -0.05) is 40.9 Å². The number of rotatable bonds is 10. The molecule has 0 bridgehead atoms. The number of hydrogen-bond acceptors (Lipinski definition) is 5. The highest BCUT2D eigenvalue weighted by atomic mass is 79.9. The van der Waals surface area contributed by atoms with Crippen LogP contribution in [0.25, 0.3) is 10.9 Å². The molecule has 3 aromatic rings. The van der Waals surface area contributed by atoms with Crippen LogP contribution in [-0.4, -0.2) is 25.0 Å². The van der Waals surface area contributed by atoms with Crippen molar-refractivity contribution in [2.45, 2.75) is 39.2 Å². The van der Waals surface area contributed by atoms with Crippen molar-refractivity contribution >= 4 is 49.9 Å². The predicted octanol–water partition coefficient (Wildman–Crippen LogP) is 6.58. The first-order valence-electron chi connectivity index (χ1n) is 10.2. The van der Waals surface area contributed by atoms with Crippen LogP contribution in [0.15, 0.2) is 40.9 Å². The summed E-state index contributed by atoms with van der Waals surface area (Å²) in [5.41, 5.74) is 3.27. The third kappa shape index (κ3) is 5.69. The van der Waals surface area contributed by atoms with Gasteiger partial charge in [0.05, 0.1) is 25.4 Å². The molecular weight excluding hydrogens is 480 g/mol. The maximum atomic E-state index is 12.6. The van der Waals surface area contributed by atoms with E-state index in [4.69, 9.17) is 21.1 Å². The molecule has 3 rings (SSSR count). The van der Waals surface area contributed by atoms with E-state index >= 15 is 0 Å². The van der Waals surface area contributed by atoms with E-state index in [2.05, 4.69) is 33.2 Å². The SMILES string of the molecule is CCCCC(=O)Cc1c(Cl)nc2ccc(Br)cc2c1NCc1ccc(OC)cc1OC. The van der Waals surface area contributed by atoms with Gasteiger partial charge in [-0.3, -0.25) is 4.79 Å². The first-order chi connectivity index (χ1) is 15.0. The van der Waals surface area contributed by atoms with E-state index in [0.29, 0.717) is 18.1 Å². The summed E-state index contributed by atoms with van der Waals surface area (Å²) in [5.74, 6) is 1.60. The van der Waals surface area contributed by atoms with E-state index in [1.165, 1.54) is 0 Å². The first kappa shape index (κ1) is 23.4. The van der Waals surface area contributed by atoms with Gasteiger partial charge in [0.15, 0.2) is 0 Å². The highest BCUT2D eigenvalue weighted by Gasteiger charge is 2.18. The van der Waals surface area contributed by atoms with E-state index in [1.54, 1.807) is 14.2 Å². The van der Waals surface area contributed by atoms with E-state index in [0.717, 1.165) is 56.5 Å². The Morgan fingerprint density at radius 2 is 1.97 bits per heavy atom. The lowest BCUT2D eigenvalue weighted by atomic mass is 10.0. The van der Waals surface area contributed by atoms with Crippen LogP contribution in [0.3, 0.4) is 0 Å². The molecule has 0 spiro atoms. The Balaban J connectivity index is 2.01. The molecule has 0 atom stereocenters. The molecule has 0 saturated carbocycles. The molecule has 0 aliphatic carbocycles. The number of benzene rings is 2. The number of Topliss-reactive ketones (excluding diaryl/α,β-unsaturated/α-hetero) is 1. The Bertz CT molecular complexity index is 1090. The van der Waals surface area contributed by atoms with Crippen LogP contribution >= 0.6 is 27.5 Å². The molecule has 0 fully saturated rings. The van der Waals surface area contributed by atoms with Crippen molar-refractivity contribution in [2.75, 3.05) is 19.5 Å². The Kier molecular flexibility index (Phi) is 8.15. The zero-order valence-electron chi connectivity index (χ0n) is 17.9. The van der Waals surface area contributed by atoms with Gasteiger partial charge in [0.2, 0.25) is 0 Å². The third-order valence-corrected chi connectivity index (χ3v) is 5.94. The summed E-state index contributed by atoms with van der Waals surface area (Å²) in [7, 11) is 3.25. The van der Waals surface area contributed by atoms with Crippen molar-refractivity contribution in [3.05, 3.63) is 57.2 Å². The molecule has 0 radical (unpaired) electrons. The minimum absolute atomic E-state index is 0.157. The second-order valence-electron chi connectivity index (χ2n) is 7.27. The first-order valence-corrected chi connectivity index (χ1v) is 11.4. The van der Waals surface area contributed by atoms with E-state index in [9.17, 15) is 4.79 Å². The fraction of sp³-hybridized carbons (Fsp3) is 0.333. The molecule has 0 unspecified atom stereocenters. The highest BCUT2D eigenvalue weighted by Crippen LogP contribution is 2.35. The number of fused-ring (bicyclic) bond motifs is 1. The van der Waals surface area contributed by atoms with E-state index < -0.39 is 0 Å². The minimum Gasteiger partial charge on any atom is -0.497 e. The van der Waals surface area contributed by atoms with Gasteiger partial charge in [0, 0.05) is 46.4 Å². The van der Waals surface area contributed by atoms with E-state index in [1.807, 2.05) is 36.4 Å². The number of ketones is 1. The third-order valence-electron chi connectivity index (χ3n) is 5.13. The molecule has 1 N–H and O–H groups in total. The average Bonchev–Trinajstić information content (AvgIpc) is 2.77. The standard InChI is InChI=1S/C24H26BrClN2O3/c1-4-5-6-17(29)12-20-23(19-11-16(25)8-10-21(19)28-24(20)26)27-14-15-7-9-18(30-2)13-22(15)31-3/h7-11,13H,4-6,12,14H2,1-3H3,(H,27,28). The summed E-state index contributed by atoms with van der Waals surface area (Å²) in [4.78, 5) is 17.1. The quantitative estimate of drug-likeness (QED) is 0.315. The Morgan fingerprint density at radius 1 is 1.16 bits per heavy atom. The van der Waals surface area contributed by atoms with Gasteiger partial charge in [-0.15, -0.1) is 0 Å². The summed E-state index contributed by atoms with van der Waals surface area (Å²) in [5, 5.41) is 4.75. The van der Waals surface area contributed by atoms with Gasteiger partial charge in [-0.2, -0.15) is 0 Å². The van der Waals surface area contributed by atoms with Crippen molar-refractivity contribution in [2.24, 2.45) is 0 Å². The number of pyridine rings is 1. The van der Waals surface area contributed by atoms with Crippen LogP contribution in [-0.2, 0) is 17.8 Å². The molecule has 0 aliphatic heterocycles. The molecule has 2 aromatic carbocycles. The Labute approximate surface area is 196 Å².